The van der Waals surface area contributed by atoms with Crippen LogP contribution in [0.5, 0.6) is 5.75 Å². The maximum absolute atomic E-state index is 12.6. The molecule has 0 aliphatic carbocycles. The fourth-order valence-corrected chi connectivity index (χ4v) is 4.29. The van der Waals surface area contributed by atoms with E-state index in [1.54, 1.807) is 24.3 Å². The first kappa shape index (κ1) is 24.1. The lowest BCUT2D eigenvalue weighted by molar-refractivity contribution is -0.128. The van der Waals surface area contributed by atoms with Crippen LogP contribution in [0, 0.1) is 0 Å². The summed E-state index contributed by atoms with van der Waals surface area (Å²) in [5.41, 5.74) is 3.38. The number of carbonyl (C=O) groups excluding carboxylic acids is 1. The molecule has 2 aromatic rings. The van der Waals surface area contributed by atoms with Crippen molar-refractivity contribution in [2.45, 2.75) is 38.8 Å². The Hall–Kier alpha value is -2.58. The normalized spacial score (nSPS) is 15.0. The first-order valence-electron chi connectivity index (χ1n) is 11.1. The molecule has 32 heavy (non-hydrogen) atoms. The highest BCUT2D eigenvalue weighted by atomic mass is 32.2. The molecule has 1 amide bonds. The lowest BCUT2D eigenvalue weighted by Crippen LogP contribution is -2.39. The molecule has 0 radical (unpaired) electrons. The van der Waals surface area contributed by atoms with Gasteiger partial charge < -0.3 is 10.1 Å². The molecule has 1 aliphatic rings. The summed E-state index contributed by atoms with van der Waals surface area (Å²) in [6.07, 6.45) is 3.07. The van der Waals surface area contributed by atoms with Crippen molar-refractivity contribution in [2.24, 2.45) is 0 Å². The smallest absolute Gasteiger partial charge is 0.261 e. The molecule has 1 heterocycles. The number of nitrogens with one attached hydrogen (secondary N) is 1. The Morgan fingerprint density at radius 2 is 1.84 bits per heavy atom. The third kappa shape index (κ3) is 6.46. The number of carbonyl (C=O) groups is 1. The van der Waals surface area contributed by atoms with Gasteiger partial charge in [0.1, 0.15) is 5.75 Å². The molecule has 0 fully saturated rings. The fourth-order valence-electron chi connectivity index (χ4n) is 3.79. The molecule has 0 aromatic heterocycles. The van der Waals surface area contributed by atoms with Gasteiger partial charge in [-0.1, -0.05) is 31.2 Å². The van der Waals surface area contributed by atoms with Gasteiger partial charge in [-0.2, -0.15) is 0 Å². The topological polar surface area (TPSA) is 78.9 Å². The zero-order valence-electron chi connectivity index (χ0n) is 19.1. The zero-order valence-corrected chi connectivity index (χ0v) is 19.9. The van der Waals surface area contributed by atoms with Gasteiger partial charge >= 0.3 is 0 Å². The van der Waals surface area contributed by atoms with Crippen molar-refractivity contribution in [1.82, 2.24) is 10.2 Å². The van der Waals surface area contributed by atoms with Crippen molar-refractivity contribution in [3.8, 4) is 5.75 Å². The molecule has 2 aromatic carbocycles. The molecule has 7 nitrogen and oxygen atoms in total. The Labute approximate surface area is 191 Å². The molecule has 3 rings (SSSR count). The van der Waals surface area contributed by atoms with Crippen molar-refractivity contribution in [3.05, 3.63) is 59.7 Å². The van der Waals surface area contributed by atoms with Gasteiger partial charge in [0, 0.05) is 33.2 Å². The van der Waals surface area contributed by atoms with E-state index in [2.05, 4.69) is 34.5 Å². The van der Waals surface area contributed by atoms with Crippen LogP contribution >= 0.6 is 0 Å². The number of hydrogen-bond acceptors (Lipinski definition) is 5. The van der Waals surface area contributed by atoms with E-state index in [-0.39, 0.29) is 5.91 Å². The molecule has 0 unspecified atom stereocenters. The van der Waals surface area contributed by atoms with Crippen LogP contribution < -0.4 is 14.4 Å². The molecule has 0 spiro atoms. The number of nitrogens with zero attached hydrogens (tertiary/aromatic N) is 2. The summed E-state index contributed by atoms with van der Waals surface area (Å²) in [4.78, 5) is 15.0. The van der Waals surface area contributed by atoms with E-state index in [9.17, 15) is 13.2 Å². The van der Waals surface area contributed by atoms with Gasteiger partial charge in [-0.25, -0.2) is 8.42 Å². The highest BCUT2D eigenvalue weighted by Gasteiger charge is 2.19. The quantitative estimate of drug-likeness (QED) is 0.553. The second-order valence-electron chi connectivity index (χ2n) is 8.18. The Morgan fingerprint density at radius 1 is 1.16 bits per heavy atom. The number of fused-ring (bicyclic) bond motifs is 1. The Bertz CT molecular complexity index is 1010. The van der Waals surface area contributed by atoms with E-state index < -0.39 is 16.1 Å². The van der Waals surface area contributed by atoms with E-state index in [1.807, 2.05) is 6.92 Å². The lowest BCUT2D eigenvalue weighted by Gasteiger charge is -2.28. The molecular weight excluding hydrogens is 426 g/mol. The average Bonchev–Trinajstić information content (AvgIpc) is 2.79. The zero-order chi connectivity index (χ0) is 23.1. The Morgan fingerprint density at radius 3 is 2.50 bits per heavy atom. The predicted octanol–water partition coefficient (Wildman–Crippen LogP) is 2.80. The van der Waals surface area contributed by atoms with Gasteiger partial charge in [-0.15, -0.1) is 0 Å². The number of benzene rings is 2. The van der Waals surface area contributed by atoms with Crippen molar-refractivity contribution in [1.29, 1.82) is 0 Å². The van der Waals surface area contributed by atoms with Crippen LogP contribution in [-0.4, -0.2) is 58.3 Å². The van der Waals surface area contributed by atoms with Crippen LogP contribution in [0.1, 0.15) is 30.9 Å². The monoisotopic (exact) mass is 459 g/mol. The van der Waals surface area contributed by atoms with Gasteiger partial charge in [0.2, 0.25) is 10.0 Å². The minimum atomic E-state index is -3.32. The van der Waals surface area contributed by atoms with Gasteiger partial charge in [0.15, 0.2) is 6.10 Å². The van der Waals surface area contributed by atoms with Crippen LogP contribution in [0.2, 0.25) is 0 Å². The van der Waals surface area contributed by atoms with Crippen molar-refractivity contribution >= 4 is 21.6 Å². The van der Waals surface area contributed by atoms with Crippen LogP contribution in [0.3, 0.4) is 0 Å². The lowest BCUT2D eigenvalue weighted by atomic mass is 10.00. The summed E-state index contributed by atoms with van der Waals surface area (Å²) in [6.45, 7) is 5.48. The summed E-state index contributed by atoms with van der Waals surface area (Å²) in [5, 5.41) is 2.98. The van der Waals surface area contributed by atoms with Gasteiger partial charge in [0.05, 0.1) is 11.9 Å². The number of anilines is 1. The molecule has 1 atom stereocenters. The third-order valence-corrected chi connectivity index (χ3v) is 7.01. The van der Waals surface area contributed by atoms with E-state index >= 15 is 0 Å². The van der Waals surface area contributed by atoms with Gasteiger partial charge in [-0.3, -0.25) is 14.0 Å². The molecule has 1 N–H and O–H groups in total. The molecule has 0 saturated carbocycles. The van der Waals surface area contributed by atoms with E-state index in [1.165, 1.54) is 22.5 Å². The van der Waals surface area contributed by atoms with Crippen LogP contribution in [-0.2, 0) is 27.8 Å². The van der Waals surface area contributed by atoms with Crippen molar-refractivity contribution in [2.75, 3.05) is 37.2 Å². The predicted molar refractivity (Wildman–Crippen MR) is 127 cm³/mol. The van der Waals surface area contributed by atoms with E-state index in [0.29, 0.717) is 24.4 Å². The second kappa shape index (κ2) is 10.8. The van der Waals surface area contributed by atoms with Crippen LogP contribution in [0.15, 0.2) is 48.5 Å². The first-order valence-corrected chi connectivity index (χ1v) is 12.9. The van der Waals surface area contributed by atoms with E-state index in [4.69, 9.17) is 4.74 Å². The summed E-state index contributed by atoms with van der Waals surface area (Å²) < 4.78 is 30.3. The number of hydrogen-bond donors (Lipinski definition) is 1. The summed E-state index contributed by atoms with van der Waals surface area (Å²) in [5.74, 6) is 0.401. The summed E-state index contributed by atoms with van der Waals surface area (Å²) >= 11 is 0. The largest absolute Gasteiger partial charge is 0.481 e. The minimum absolute atomic E-state index is 0.131. The highest BCUT2D eigenvalue weighted by Crippen LogP contribution is 2.22. The summed E-state index contributed by atoms with van der Waals surface area (Å²) in [6, 6.07) is 15.3. The molecule has 0 saturated heterocycles. The second-order valence-corrected chi connectivity index (χ2v) is 10.2. The van der Waals surface area contributed by atoms with Crippen molar-refractivity contribution < 1.29 is 17.9 Å². The van der Waals surface area contributed by atoms with Crippen LogP contribution in [0.4, 0.5) is 5.69 Å². The SMILES string of the molecule is CC[C@H](Oc1ccc(N(C)S(C)(=O)=O)cc1)C(=O)NCCCN1CCc2ccccc2C1. The fraction of sp³-hybridized carbons (Fsp3) is 0.458. The van der Waals surface area contributed by atoms with Gasteiger partial charge in [-0.05, 0) is 54.7 Å². The standard InChI is InChI=1S/C24H33N3O4S/c1-4-23(31-22-12-10-21(11-13-22)26(2)32(3,29)30)24(28)25-15-7-16-27-17-14-19-8-5-6-9-20(19)18-27/h5-6,8-13,23H,4,7,14-18H2,1-3H3,(H,25,28)/t23-/m0/s1. The minimum Gasteiger partial charge on any atom is -0.481 e. The molecule has 1 aliphatic heterocycles. The highest BCUT2D eigenvalue weighted by molar-refractivity contribution is 7.92. The Kier molecular flexibility index (Phi) is 8.15. The summed E-state index contributed by atoms with van der Waals surface area (Å²) in [7, 11) is -1.82. The maximum atomic E-state index is 12.6. The third-order valence-electron chi connectivity index (χ3n) is 5.80. The van der Waals surface area contributed by atoms with Gasteiger partial charge in [0.25, 0.3) is 5.91 Å². The van der Waals surface area contributed by atoms with E-state index in [0.717, 1.165) is 38.7 Å². The number of sulfonamides is 1. The Balaban J connectivity index is 1.43. The molecular formula is C24H33N3O4S. The number of amides is 1. The number of ether oxygens (including phenoxy) is 1. The first-order chi connectivity index (χ1) is 15.3. The molecule has 174 valence electrons. The molecule has 8 heteroatoms. The van der Waals surface area contributed by atoms with Crippen molar-refractivity contribution in [3.63, 3.8) is 0 Å². The maximum Gasteiger partial charge on any atom is 0.261 e. The number of rotatable bonds is 10. The van der Waals surface area contributed by atoms with Crippen LogP contribution in [0.25, 0.3) is 0 Å². The molecule has 0 bridgehead atoms. The average molecular weight is 460 g/mol.